The number of sulfonamides is 3. The summed E-state index contributed by atoms with van der Waals surface area (Å²) < 4.78 is 76.7. The molecular weight excluding hydrogens is 1960 g/mol. The first-order valence-electron chi connectivity index (χ1n) is 53.9. The normalized spacial score (nSPS) is 25.4. The number of primary amides is 2. The topological polar surface area (TPSA) is 550 Å². The number of nitrogens with one attached hydrogen (secondary N) is 10. The lowest BCUT2D eigenvalue weighted by atomic mass is 9.79. The molecule has 18 atom stereocenters. The Bertz CT molecular complexity index is 5170. The maximum Gasteiger partial charge on any atom is 0.315 e. The van der Waals surface area contributed by atoms with Crippen LogP contribution in [0.15, 0.2) is 12.7 Å². The van der Waals surface area contributed by atoms with Crippen molar-refractivity contribution in [1.29, 1.82) is 0 Å². The fourth-order valence-corrected chi connectivity index (χ4v) is 25.5. The lowest BCUT2D eigenvalue weighted by Gasteiger charge is -2.38. The van der Waals surface area contributed by atoms with Gasteiger partial charge in [0.1, 0.15) is 36.3 Å². The molecule has 0 aromatic heterocycles. The van der Waals surface area contributed by atoms with Gasteiger partial charge in [-0.1, -0.05) is 200 Å². The summed E-state index contributed by atoms with van der Waals surface area (Å²) in [5, 5.41) is 28.7. The minimum Gasteiger partial charge on any atom is -0.363 e. The molecule has 0 aromatic carbocycles. The molecule has 0 aromatic rings. The van der Waals surface area contributed by atoms with Gasteiger partial charge in [-0.25, -0.2) is 52.6 Å². The third-order valence-electron chi connectivity index (χ3n) is 34.7. The van der Waals surface area contributed by atoms with Gasteiger partial charge in [0.15, 0.2) is 0 Å². The SMILES string of the molecule is C#CCCC(NC(=O)[C@@H]1[C@H]2CCC(C)(C)[C@H]2CN1C(=O)[C@@H](NC(=O)N[C@H](CN(C)S(C)(=O)=O)C(C)(C)C)C1CCCCC1)C(=O)C(=O)NCC=C.CN(C[C@@H](NC(=O)N[C@H](C(=O)N1C[C@H]2[C@H](CCC2(C)C)[C@H]1C(=O)NC(CC1CC1)C(=O)C(N)=O)C1CCCCC1)C(C)(C)C)S(C)(=O)=O.CN(C[C@@H](NC(=O)N[C@H](C(=O)N1C[C@H]2[C@H](CCC2(C)C)[C@H]1C(=O)NC(CC1CCC1)C(=O)C(N)=O)C1CCCCC1)C(C)(C)C)S(C)(=O)=O. The minimum atomic E-state index is -3.51. The third kappa shape index (κ3) is 32.4. The summed E-state index contributed by atoms with van der Waals surface area (Å²) in [6.45, 7) is 34.8. The van der Waals surface area contributed by atoms with E-state index in [9.17, 15) is 97.2 Å². The molecule has 39 nitrogen and oxygen atoms in total. The Hall–Kier alpha value is -8.92. The Labute approximate surface area is 880 Å². The van der Waals surface area contributed by atoms with Crippen LogP contribution in [0.25, 0.3) is 0 Å². The summed E-state index contributed by atoms with van der Waals surface area (Å²) in [5.74, 6) is -5.86. The van der Waals surface area contributed by atoms with Crippen molar-refractivity contribution in [2.45, 2.75) is 369 Å². The highest BCUT2D eigenvalue weighted by Crippen LogP contribution is 2.57. The second kappa shape index (κ2) is 50.8. The van der Waals surface area contributed by atoms with E-state index < -0.39 is 190 Å². The minimum absolute atomic E-state index is 0.00517. The van der Waals surface area contributed by atoms with E-state index in [0.29, 0.717) is 38.9 Å². The van der Waals surface area contributed by atoms with Crippen molar-refractivity contribution < 1.29 is 97.2 Å². The standard InChI is InChI=1S/C37H60N6O7S.C35H60N6O7S.C34H58N6O7S/c1-10-12-18-27(31(44)33(46)38-21-11-2)39-32(45)30-25-19-20-37(6,7)26(25)22-43(30)34(47)29(24-16-14-13-15-17-24)41-35(48)40-28(36(3,4)5)23-42(8)51(9,49)50;1-34(2,3)26(20-40(6)49(7,47)48)38-33(46)39-27(22-14-9-8-10-15-22)32(45)41-19-24-23(16-17-35(24,4)5)28(41)31(44)37-25(29(42)30(36)43)18-21-12-11-13-21;1-33(2,3)25(19-39(6)48(7,46)47)37-32(45)38-26(21-11-9-8-10-12-21)31(44)40-18-23-22(15-16-34(23,4)5)27(40)30(43)36-24(17-20-13-14-20)28(41)29(35)42/h1,11,24-30H,2,12-23H2,3-9H3,(H,38,46)(H,39,45)(H2,40,41,48);21-28H,8-20H2,1-7H3,(H2,36,43)(H,37,44)(H2,38,39,46);20-27H,8-19H2,1-7H3,(H2,35,42)(H,36,43)(H2,37,38,45)/t25-,26-,27?,28+,29-,30-;23-,24-,25?,26+,27-,28-;22-,23-,24?,25+,26-,27-/m000/s1. The molecular formula is C106H178N18O21S3. The van der Waals surface area contributed by atoms with E-state index in [1.54, 1.807) is 14.7 Å². The second-order valence-corrected chi connectivity index (χ2v) is 56.3. The summed E-state index contributed by atoms with van der Waals surface area (Å²) in [6, 6.07) is -12.0. The monoisotopic (exact) mass is 2140 g/mol. The number of hydrogen-bond donors (Lipinski definition) is 12. The van der Waals surface area contributed by atoms with Crippen LogP contribution in [0.4, 0.5) is 14.4 Å². The van der Waals surface area contributed by atoms with E-state index >= 15 is 0 Å². The van der Waals surface area contributed by atoms with Crippen molar-refractivity contribution in [1.82, 2.24) is 80.8 Å². The van der Waals surface area contributed by atoms with Gasteiger partial charge in [0.2, 0.25) is 82.9 Å². The van der Waals surface area contributed by atoms with Crippen LogP contribution in [-0.4, -0.2) is 300 Å². The predicted molar refractivity (Wildman–Crippen MR) is 565 cm³/mol. The van der Waals surface area contributed by atoms with Crippen molar-refractivity contribution >= 4 is 119 Å². The highest BCUT2D eigenvalue weighted by Gasteiger charge is 2.62. The number of carbonyl (C=O) groups is 15. The molecule has 0 radical (unpaired) electrons. The van der Waals surface area contributed by atoms with Gasteiger partial charge in [0.25, 0.3) is 17.7 Å². The van der Waals surface area contributed by atoms with Gasteiger partial charge < -0.3 is 79.3 Å². The van der Waals surface area contributed by atoms with E-state index in [-0.39, 0.29) is 138 Å². The van der Waals surface area contributed by atoms with Gasteiger partial charge in [-0.2, -0.15) is 0 Å². The first-order chi connectivity index (χ1) is 68.6. The maximum atomic E-state index is 14.8. The van der Waals surface area contributed by atoms with Crippen molar-refractivity contribution in [2.24, 2.45) is 109 Å². The summed E-state index contributed by atoms with van der Waals surface area (Å²) in [5.41, 5.74) is 8.84. The highest BCUT2D eigenvalue weighted by molar-refractivity contribution is 7.88. The molecule has 3 heterocycles. The second-order valence-electron chi connectivity index (χ2n) is 50.0. The largest absolute Gasteiger partial charge is 0.363 e. The average molecular weight is 2140 g/mol. The Morgan fingerprint density at radius 3 is 0.912 bits per heavy atom. The van der Waals surface area contributed by atoms with Crippen LogP contribution in [0.5, 0.6) is 0 Å². The maximum absolute atomic E-state index is 14.8. The number of nitrogens with two attached hydrogens (primary N) is 2. The van der Waals surface area contributed by atoms with Gasteiger partial charge in [-0.05, 0) is 194 Å². The van der Waals surface area contributed by atoms with Crippen molar-refractivity contribution in [3.8, 4) is 12.3 Å². The van der Waals surface area contributed by atoms with Crippen LogP contribution in [-0.2, 0) is 87.6 Å². The van der Waals surface area contributed by atoms with Gasteiger partial charge >= 0.3 is 18.1 Å². The molecule has 3 unspecified atom stereocenters. The number of nitrogens with zero attached hydrogens (tertiary/aromatic N) is 6. The number of terminal acetylenes is 1. The lowest BCUT2D eigenvalue weighted by molar-refractivity contribution is -0.144. The van der Waals surface area contributed by atoms with E-state index in [1.807, 2.05) is 62.3 Å². The first-order valence-corrected chi connectivity index (χ1v) is 59.5. The van der Waals surface area contributed by atoms with Crippen LogP contribution in [0.1, 0.15) is 296 Å². The molecule has 11 rings (SSSR count). The molecule has 0 spiro atoms. The Morgan fingerprint density at radius 2 is 0.676 bits per heavy atom. The summed E-state index contributed by atoms with van der Waals surface area (Å²) >= 11 is 0. The molecule has 3 aliphatic heterocycles. The van der Waals surface area contributed by atoms with Gasteiger partial charge in [-0.15, -0.1) is 18.9 Å². The number of rotatable bonds is 41. The Balaban J connectivity index is 0.000000247. The number of hydrogen-bond acceptors (Lipinski definition) is 21. The molecule has 11 aliphatic rings. The molecule has 148 heavy (non-hydrogen) atoms. The van der Waals surface area contributed by atoms with Gasteiger partial charge in [-0.3, -0.25) is 57.5 Å². The predicted octanol–water partition coefficient (Wildman–Crippen LogP) is 7.25. The molecule has 14 N–H and O–H groups in total. The number of likely N-dealkylation sites (N-methyl/N-ethyl adjacent to an activating group) is 3. The lowest BCUT2D eigenvalue weighted by Crippen LogP contribution is -2.61. The van der Waals surface area contributed by atoms with Gasteiger partial charge in [0, 0.05) is 91.5 Å². The zero-order chi connectivity index (χ0) is 111. The molecule has 0 bridgehead atoms. The molecule has 836 valence electrons. The fraction of sp³-hybridized carbons (Fsp3) is 0.821. The van der Waals surface area contributed by atoms with Gasteiger partial charge in [0.05, 0.1) is 36.9 Å². The molecule has 42 heteroatoms. The third-order valence-corrected chi connectivity index (χ3v) is 38.6. The summed E-state index contributed by atoms with van der Waals surface area (Å²) in [7, 11) is -6.12. The zero-order valence-corrected chi connectivity index (χ0v) is 94.4. The molecule has 8 saturated carbocycles. The van der Waals surface area contributed by atoms with Crippen molar-refractivity contribution in [2.75, 3.05) is 85.7 Å². The van der Waals surface area contributed by atoms with Crippen molar-refractivity contribution in [3.05, 3.63) is 12.7 Å². The zero-order valence-electron chi connectivity index (χ0n) is 91.9. The van der Waals surface area contributed by atoms with Crippen LogP contribution < -0.4 is 64.6 Å². The number of Topliss-reactive ketones (excluding diaryl/α,β-unsaturated/α-hetero) is 3. The molecule has 3 saturated heterocycles. The molecule has 15 amide bonds. The quantitative estimate of drug-likeness (QED) is 0.0163. The molecule has 11 fully saturated rings. The Kier molecular flexibility index (Phi) is 42.0. The van der Waals surface area contributed by atoms with Crippen LogP contribution in [0.2, 0.25) is 0 Å². The number of fused-ring (bicyclic) bond motifs is 3. The smallest absolute Gasteiger partial charge is 0.315 e. The number of urea groups is 3. The van der Waals surface area contributed by atoms with Crippen LogP contribution in [0.3, 0.4) is 0 Å². The summed E-state index contributed by atoms with van der Waals surface area (Å²) in [6.07, 6.45) is 33.7. The Morgan fingerprint density at radius 1 is 0.399 bits per heavy atom. The first kappa shape index (κ1) is 123. The fourth-order valence-electron chi connectivity index (χ4n) is 24.3. The van der Waals surface area contributed by atoms with Crippen LogP contribution >= 0.6 is 0 Å². The van der Waals surface area contributed by atoms with Crippen molar-refractivity contribution in [3.63, 3.8) is 0 Å². The van der Waals surface area contributed by atoms with E-state index in [2.05, 4.69) is 107 Å². The number of carbonyl (C=O) groups excluding carboxylic acids is 15. The summed E-state index contributed by atoms with van der Waals surface area (Å²) in [4.78, 5) is 208. The van der Waals surface area contributed by atoms with Crippen LogP contribution in [0, 0.1) is 110 Å². The van der Waals surface area contributed by atoms with E-state index in [0.717, 1.165) is 179 Å². The number of ketones is 3. The average Bonchev–Trinajstić information content (AvgIpc) is 1.59. The number of likely N-dealkylation sites (tertiary alicyclic amines) is 3. The van der Waals surface area contributed by atoms with E-state index in [4.69, 9.17) is 17.9 Å². The highest BCUT2D eigenvalue weighted by atomic mass is 32.2. The number of amides is 15. The molecule has 8 aliphatic carbocycles. The van der Waals surface area contributed by atoms with E-state index in [1.165, 1.54) is 40.1 Å².